The van der Waals surface area contributed by atoms with Gasteiger partial charge in [0.15, 0.2) is 5.82 Å². The van der Waals surface area contributed by atoms with Gasteiger partial charge in [-0.25, -0.2) is 9.97 Å². The fourth-order valence-electron chi connectivity index (χ4n) is 3.33. The number of alkyl halides is 3. The van der Waals surface area contributed by atoms with Gasteiger partial charge in [0.05, 0.1) is 29.7 Å². The molecule has 10 heteroatoms. The lowest BCUT2D eigenvalue weighted by molar-refractivity contribution is -0.141. The summed E-state index contributed by atoms with van der Waals surface area (Å²) in [6.45, 7) is 10.1. The summed E-state index contributed by atoms with van der Waals surface area (Å²) in [5.74, 6) is 0.472. The molecule has 4 rings (SSSR count). The van der Waals surface area contributed by atoms with Crippen LogP contribution in [0.3, 0.4) is 0 Å². The molecule has 3 heterocycles. The van der Waals surface area contributed by atoms with Gasteiger partial charge in [-0.2, -0.15) is 18.4 Å². The molecule has 0 aliphatic carbocycles. The molecule has 0 saturated heterocycles. The number of hydrogen-bond donors (Lipinski definition) is 0. The van der Waals surface area contributed by atoms with Gasteiger partial charge in [0.1, 0.15) is 25.0 Å². The van der Waals surface area contributed by atoms with Gasteiger partial charge < -0.3 is 14.2 Å². The number of fused-ring (bicyclic) bond motifs is 1. The Balaban J connectivity index is 0.000000894. The van der Waals surface area contributed by atoms with Crippen molar-refractivity contribution >= 4 is 24.6 Å². The number of aromatic nitrogens is 4. The van der Waals surface area contributed by atoms with E-state index in [1.54, 1.807) is 17.8 Å². The molecule has 0 aliphatic heterocycles. The normalized spacial score (nSPS) is 10.1. The molecule has 0 atom stereocenters. The van der Waals surface area contributed by atoms with Crippen molar-refractivity contribution in [2.24, 2.45) is 7.05 Å². The summed E-state index contributed by atoms with van der Waals surface area (Å²) in [7, 11) is 1.72. The van der Waals surface area contributed by atoms with Gasteiger partial charge in [-0.3, -0.25) is 4.98 Å². The number of nitriles is 1. The third-order valence-corrected chi connectivity index (χ3v) is 4.92. The third-order valence-electron chi connectivity index (χ3n) is 4.92. The van der Waals surface area contributed by atoms with Crippen LogP contribution >= 0.6 is 0 Å². The molecule has 0 aliphatic rings. The first-order valence-electron chi connectivity index (χ1n) is 11.1. The summed E-state index contributed by atoms with van der Waals surface area (Å²) in [6, 6.07) is 12.7. The zero-order chi connectivity index (χ0) is 28.2. The molecule has 7 nitrogen and oxygen atoms in total. The van der Waals surface area contributed by atoms with Crippen LogP contribution in [-0.2, 0) is 29.2 Å². The predicted molar refractivity (Wildman–Crippen MR) is 136 cm³/mol. The molecule has 1 aromatic carbocycles. The fourth-order valence-corrected chi connectivity index (χ4v) is 3.33. The smallest absolute Gasteiger partial charge is 0.325 e. The van der Waals surface area contributed by atoms with Gasteiger partial charge in [-0.15, -0.1) is 0 Å². The summed E-state index contributed by atoms with van der Waals surface area (Å²) < 4.78 is 40.6. The first kappa shape index (κ1) is 30.6. The summed E-state index contributed by atoms with van der Waals surface area (Å²) >= 11 is 0. The van der Waals surface area contributed by atoms with E-state index in [1.165, 1.54) is 12.6 Å². The Bertz CT molecular complexity index is 1340. The maximum Gasteiger partial charge on any atom is 0.433 e. The van der Waals surface area contributed by atoms with Gasteiger partial charge in [0.2, 0.25) is 0 Å². The molecule has 0 fully saturated rings. The average Bonchev–Trinajstić information content (AvgIpc) is 3.22. The third kappa shape index (κ3) is 7.54. The Morgan fingerprint density at radius 1 is 0.973 bits per heavy atom. The molecule has 3 aromatic heterocycles. The zero-order valence-electron chi connectivity index (χ0n) is 21.1. The Labute approximate surface area is 213 Å². The molecule has 0 unspecified atom stereocenters. The Morgan fingerprint density at radius 2 is 1.57 bits per heavy atom. The lowest BCUT2D eigenvalue weighted by atomic mass is 10.0. The minimum Gasteiger partial charge on any atom is -0.325 e. The Hall–Kier alpha value is -4.39. The zero-order valence-corrected chi connectivity index (χ0v) is 21.1. The van der Waals surface area contributed by atoms with E-state index in [-0.39, 0.29) is 5.52 Å². The van der Waals surface area contributed by atoms with E-state index in [2.05, 4.69) is 34.9 Å². The van der Waals surface area contributed by atoms with Crippen molar-refractivity contribution in [3.8, 4) is 28.7 Å². The predicted octanol–water partition coefficient (Wildman–Crippen LogP) is 6.14. The largest absolute Gasteiger partial charge is 0.433 e. The van der Waals surface area contributed by atoms with Gasteiger partial charge in [0.25, 0.3) is 0 Å². The summed E-state index contributed by atoms with van der Waals surface area (Å²) in [6.07, 6.45) is -0.0277. The van der Waals surface area contributed by atoms with E-state index in [1.807, 2.05) is 50.8 Å². The van der Waals surface area contributed by atoms with Crippen LogP contribution in [0.1, 0.15) is 37.1 Å². The van der Waals surface area contributed by atoms with Crippen molar-refractivity contribution in [1.82, 2.24) is 19.5 Å². The summed E-state index contributed by atoms with van der Waals surface area (Å²) in [5, 5.41) is 8.78. The van der Waals surface area contributed by atoms with Crippen LogP contribution < -0.4 is 0 Å². The number of rotatable bonds is 3. The van der Waals surface area contributed by atoms with E-state index in [0.29, 0.717) is 23.5 Å². The van der Waals surface area contributed by atoms with Crippen molar-refractivity contribution in [3.63, 3.8) is 0 Å². The standard InChI is InChI=1S/C22H16F3N5.C3H8.2CH2O/c1-13-9-16(15-5-3-14(4-6-15)7-8-26)11-28-20(13)21-29-17-10-19(22(23,24)25)27-12-18(17)30(21)2;1-3-2;2*1-2/h3-6,9-12H,7H2,1-2H3;3H2,1-2H3;2*1H2. The quantitative estimate of drug-likeness (QED) is 0.328. The highest BCUT2D eigenvalue weighted by molar-refractivity contribution is 5.80. The molecule has 0 bridgehead atoms. The van der Waals surface area contributed by atoms with Crippen LogP contribution in [0.25, 0.3) is 33.7 Å². The number of hydrogen-bond acceptors (Lipinski definition) is 6. The van der Waals surface area contributed by atoms with Crippen LogP contribution in [-0.4, -0.2) is 33.1 Å². The molecule has 0 spiro atoms. The number of pyridine rings is 2. The van der Waals surface area contributed by atoms with Crippen LogP contribution in [0.4, 0.5) is 13.2 Å². The Kier molecular flexibility index (Phi) is 11.8. The molecule has 4 aromatic rings. The average molecular weight is 512 g/mol. The Morgan fingerprint density at radius 3 is 2.08 bits per heavy atom. The van der Waals surface area contributed by atoms with Crippen LogP contribution in [0.5, 0.6) is 0 Å². The fraction of sp³-hybridized carbons (Fsp3) is 0.259. The van der Waals surface area contributed by atoms with Crippen molar-refractivity contribution in [2.45, 2.75) is 39.8 Å². The highest BCUT2D eigenvalue weighted by atomic mass is 19.4. The molecule has 0 N–H and O–H groups in total. The number of nitrogens with zero attached hydrogens (tertiary/aromatic N) is 5. The van der Waals surface area contributed by atoms with Gasteiger partial charge >= 0.3 is 6.18 Å². The maximum atomic E-state index is 13.0. The maximum absolute atomic E-state index is 13.0. The minimum absolute atomic E-state index is 0.216. The van der Waals surface area contributed by atoms with Crippen LogP contribution in [0, 0.1) is 18.3 Å². The first-order chi connectivity index (χ1) is 17.7. The van der Waals surface area contributed by atoms with Crippen molar-refractivity contribution < 1.29 is 22.8 Å². The first-order valence-corrected chi connectivity index (χ1v) is 11.1. The van der Waals surface area contributed by atoms with Gasteiger partial charge in [-0.05, 0) is 35.7 Å². The number of halogens is 3. The number of benzene rings is 1. The SMILES string of the molecule is C=O.C=O.CCC.Cc1cc(-c2ccc(CC#N)cc2)cnc1-c1nc2cc(C(F)(F)F)ncc2n1C. The van der Waals surface area contributed by atoms with E-state index in [9.17, 15) is 13.2 Å². The lowest BCUT2D eigenvalue weighted by Crippen LogP contribution is -2.07. The second-order valence-electron chi connectivity index (χ2n) is 7.68. The number of carbonyl (C=O) groups excluding carboxylic acids is 2. The van der Waals surface area contributed by atoms with Crippen LogP contribution in [0.2, 0.25) is 0 Å². The second kappa shape index (κ2) is 14.2. The molecule has 0 amide bonds. The molecular weight excluding hydrogens is 483 g/mol. The van der Waals surface area contributed by atoms with Gasteiger partial charge in [-0.1, -0.05) is 44.5 Å². The van der Waals surface area contributed by atoms with E-state index in [4.69, 9.17) is 14.9 Å². The minimum atomic E-state index is -4.52. The molecule has 0 saturated carbocycles. The van der Waals surface area contributed by atoms with Crippen molar-refractivity contribution in [1.29, 1.82) is 5.26 Å². The molecule has 0 radical (unpaired) electrons. The second-order valence-corrected chi connectivity index (χ2v) is 7.68. The van der Waals surface area contributed by atoms with E-state index in [0.717, 1.165) is 28.3 Å². The number of aryl methyl sites for hydroxylation is 2. The summed E-state index contributed by atoms with van der Waals surface area (Å²) in [5.41, 5.74) is 3.98. The highest BCUT2D eigenvalue weighted by Crippen LogP contribution is 2.32. The topological polar surface area (TPSA) is 102 Å². The van der Waals surface area contributed by atoms with E-state index < -0.39 is 11.9 Å². The van der Waals surface area contributed by atoms with Gasteiger partial charge in [0, 0.05) is 18.8 Å². The molecular formula is C27H28F3N5O2. The van der Waals surface area contributed by atoms with Crippen molar-refractivity contribution in [3.05, 3.63) is 65.6 Å². The highest BCUT2D eigenvalue weighted by Gasteiger charge is 2.33. The van der Waals surface area contributed by atoms with Crippen LogP contribution in [0.15, 0.2) is 48.8 Å². The molecule has 37 heavy (non-hydrogen) atoms. The molecule has 194 valence electrons. The number of imidazole rings is 1. The summed E-state index contributed by atoms with van der Waals surface area (Å²) in [4.78, 5) is 28.4. The van der Waals surface area contributed by atoms with E-state index >= 15 is 0 Å². The monoisotopic (exact) mass is 511 g/mol. The lowest BCUT2D eigenvalue weighted by Gasteiger charge is -2.09. The van der Waals surface area contributed by atoms with Crippen molar-refractivity contribution in [2.75, 3.05) is 0 Å². The number of carbonyl (C=O) groups is 2.